The van der Waals surface area contributed by atoms with Gasteiger partial charge in [0.25, 0.3) is 0 Å². The molecule has 12 heavy (non-hydrogen) atoms. The van der Waals surface area contributed by atoms with E-state index in [1.165, 1.54) is 18.3 Å². The zero-order valence-electron chi connectivity index (χ0n) is 7.00. The van der Waals surface area contributed by atoms with Crippen molar-refractivity contribution in [3.05, 3.63) is 21.9 Å². The standard InChI is InChI=1S/C8H11NO2S/c1-5-3-6(4-12-5)8(2,9)7(10)11/h3-4H,9H2,1-2H3,(H,10,11). The molecule has 1 atom stereocenters. The van der Waals surface area contributed by atoms with E-state index in [4.69, 9.17) is 10.8 Å². The summed E-state index contributed by atoms with van der Waals surface area (Å²) in [6, 6.07) is 1.80. The summed E-state index contributed by atoms with van der Waals surface area (Å²) in [7, 11) is 0. The molecule has 1 aromatic heterocycles. The van der Waals surface area contributed by atoms with Crippen LogP contribution >= 0.6 is 11.3 Å². The van der Waals surface area contributed by atoms with Crippen molar-refractivity contribution in [2.24, 2.45) is 5.73 Å². The summed E-state index contributed by atoms with van der Waals surface area (Å²) in [6.07, 6.45) is 0. The largest absolute Gasteiger partial charge is 0.480 e. The van der Waals surface area contributed by atoms with Crippen LogP contribution in [0.4, 0.5) is 0 Å². The Bertz CT molecular complexity index is 304. The molecule has 4 heteroatoms. The molecular weight excluding hydrogens is 174 g/mol. The van der Waals surface area contributed by atoms with Crippen LogP contribution in [0.15, 0.2) is 11.4 Å². The summed E-state index contributed by atoms with van der Waals surface area (Å²) in [5.41, 5.74) is 5.01. The molecule has 0 aliphatic heterocycles. The molecule has 0 amide bonds. The third-order valence-corrected chi connectivity index (χ3v) is 2.64. The number of thiophene rings is 1. The first kappa shape index (κ1) is 9.22. The van der Waals surface area contributed by atoms with Crippen molar-refractivity contribution in [3.63, 3.8) is 0 Å². The zero-order chi connectivity index (χ0) is 9.35. The monoisotopic (exact) mass is 185 g/mol. The SMILES string of the molecule is Cc1cc(C(C)(N)C(=O)O)cs1. The van der Waals surface area contributed by atoms with Gasteiger partial charge in [-0.15, -0.1) is 11.3 Å². The van der Waals surface area contributed by atoms with Crippen LogP contribution in [0.3, 0.4) is 0 Å². The van der Waals surface area contributed by atoms with Crippen molar-refractivity contribution in [1.82, 2.24) is 0 Å². The molecule has 1 rings (SSSR count). The molecule has 0 aromatic carbocycles. The van der Waals surface area contributed by atoms with E-state index in [9.17, 15) is 4.79 Å². The summed E-state index contributed by atoms with van der Waals surface area (Å²) in [6.45, 7) is 3.42. The second kappa shape index (κ2) is 2.88. The molecule has 0 saturated carbocycles. The van der Waals surface area contributed by atoms with Crippen molar-refractivity contribution in [2.75, 3.05) is 0 Å². The number of nitrogens with two attached hydrogens (primary N) is 1. The highest BCUT2D eigenvalue weighted by Crippen LogP contribution is 2.23. The van der Waals surface area contributed by atoms with E-state index in [1.54, 1.807) is 11.4 Å². The van der Waals surface area contributed by atoms with Gasteiger partial charge in [0.15, 0.2) is 0 Å². The van der Waals surface area contributed by atoms with Gasteiger partial charge in [0.2, 0.25) is 0 Å². The quantitative estimate of drug-likeness (QED) is 0.730. The van der Waals surface area contributed by atoms with Gasteiger partial charge in [-0.2, -0.15) is 0 Å². The Morgan fingerprint density at radius 3 is 2.67 bits per heavy atom. The molecule has 66 valence electrons. The Morgan fingerprint density at radius 1 is 1.75 bits per heavy atom. The summed E-state index contributed by atoms with van der Waals surface area (Å²) < 4.78 is 0. The third-order valence-electron chi connectivity index (χ3n) is 1.77. The maximum absolute atomic E-state index is 10.7. The van der Waals surface area contributed by atoms with E-state index in [0.717, 1.165) is 4.88 Å². The number of carboxylic acid groups (broad SMARTS) is 1. The van der Waals surface area contributed by atoms with Gasteiger partial charge in [-0.3, -0.25) is 0 Å². The summed E-state index contributed by atoms with van der Waals surface area (Å²) in [4.78, 5) is 11.8. The molecule has 0 spiro atoms. The predicted molar refractivity (Wildman–Crippen MR) is 48.2 cm³/mol. The normalized spacial score (nSPS) is 15.6. The van der Waals surface area contributed by atoms with E-state index in [2.05, 4.69) is 0 Å². The minimum atomic E-state index is -1.26. The number of carboxylic acids is 1. The van der Waals surface area contributed by atoms with Crippen molar-refractivity contribution < 1.29 is 9.90 Å². The smallest absolute Gasteiger partial charge is 0.328 e. The average molecular weight is 185 g/mol. The van der Waals surface area contributed by atoms with E-state index in [0.29, 0.717) is 5.56 Å². The van der Waals surface area contributed by atoms with E-state index >= 15 is 0 Å². The molecule has 0 radical (unpaired) electrons. The first-order valence-corrected chi connectivity index (χ1v) is 4.40. The van der Waals surface area contributed by atoms with Gasteiger partial charge in [-0.05, 0) is 30.9 Å². The molecule has 1 unspecified atom stereocenters. The Hall–Kier alpha value is -0.870. The lowest BCUT2D eigenvalue weighted by Crippen LogP contribution is -2.41. The third kappa shape index (κ3) is 1.49. The van der Waals surface area contributed by atoms with Gasteiger partial charge in [0.05, 0.1) is 0 Å². The van der Waals surface area contributed by atoms with Crippen LogP contribution in [-0.2, 0) is 10.3 Å². The lowest BCUT2D eigenvalue weighted by Gasteiger charge is -2.17. The fourth-order valence-corrected chi connectivity index (χ4v) is 1.66. The fourth-order valence-electron chi connectivity index (χ4n) is 0.839. The molecule has 1 heterocycles. The van der Waals surface area contributed by atoms with Crippen LogP contribution in [0, 0.1) is 6.92 Å². The molecule has 1 aromatic rings. The van der Waals surface area contributed by atoms with Crippen LogP contribution in [0.5, 0.6) is 0 Å². The van der Waals surface area contributed by atoms with E-state index < -0.39 is 11.5 Å². The van der Waals surface area contributed by atoms with Crippen LogP contribution in [0.25, 0.3) is 0 Å². The summed E-state index contributed by atoms with van der Waals surface area (Å²) in [5, 5.41) is 10.6. The molecule has 0 aliphatic carbocycles. The number of hydrogen-bond acceptors (Lipinski definition) is 3. The first-order valence-electron chi connectivity index (χ1n) is 3.52. The Kier molecular flexibility index (Phi) is 2.21. The topological polar surface area (TPSA) is 63.3 Å². The van der Waals surface area contributed by atoms with Crippen molar-refractivity contribution in [1.29, 1.82) is 0 Å². The zero-order valence-corrected chi connectivity index (χ0v) is 7.81. The Morgan fingerprint density at radius 2 is 2.33 bits per heavy atom. The lowest BCUT2D eigenvalue weighted by atomic mass is 9.96. The first-order chi connectivity index (χ1) is 5.44. The van der Waals surface area contributed by atoms with Crippen LogP contribution in [0.1, 0.15) is 17.4 Å². The van der Waals surface area contributed by atoms with Gasteiger partial charge >= 0.3 is 5.97 Å². The predicted octanol–water partition coefficient (Wildman–Crippen LogP) is 1.32. The number of aliphatic carboxylic acids is 1. The summed E-state index contributed by atoms with van der Waals surface area (Å²) >= 11 is 1.51. The maximum Gasteiger partial charge on any atom is 0.328 e. The fraction of sp³-hybridized carbons (Fsp3) is 0.375. The van der Waals surface area contributed by atoms with Crippen molar-refractivity contribution in [2.45, 2.75) is 19.4 Å². The molecular formula is C8H11NO2S. The van der Waals surface area contributed by atoms with Crippen LogP contribution in [0.2, 0.25) is 0 Å². The molecule has 0 fully saturated rings. The molecule has 3 nitrogen and oxygen atoms in total. The minimum absolute atomic E-state index is 0.664. The molecule has 0 aliphatic rings. The minimum Gasteiger partial charge on any atom is -0.480 e. The lowest BCUT2D eigenvalue weighted by molar-refractivity contribution is -0.143. The number of aryl methyl sites for hydroxylation is 1. The number of rotatable bonds is 2. The Balaban J connectivity index is 3.05. The highest BCUT2D eigenvalue weighted by molar-refractivity contribution is 7.10. The van der Waals surface area contributed by atoms with Crippen molar-refractivity contribution in [3.8, 4) is 0 Å². The van der Waals surface area contributed by atoms with Gasteiger partial charge in [-0.25, -0.2) is 4.79 Å². The highest BCUT2D eigenvalue weighted by atomic mass is 32.1. The second-order valence-corrected chi connectivity index (χ2v) is 4.07. The number of hydrogen-bond donors (Lipinski definition) is 2. The Labute approximate surface area is 74.8 Å². The van der Waals surface area contributed by atoms with Crippen molar-refractivity contribution >= 4 is 17.3 Å². The van der Waals surface area contributed by atoms with Gasteiger partial charge in [-0.1, -0.05) is 0 Å². The van der Waals surface area contributed by atoms with Gasteiger partial charge < -0.3 is 10.8 Å². The van der Waals surface area contributed by atoms with Crippen LogP contribution < -0.4 is 5.73 Å². The maximum atomic E-state index is 10.7. The molecule has 3 N–H and O–H groups in total. The average Bonchev–Trinajstić information content (AvgIpc) is 2.35. The number of carbonyl (C=O) groups is 1. The van der Waals surface area contributed by atoms with E-state index in [-0.39, 0.29) is 0 Å². The highest BCUT2D eigenvalue weighted by Gasteiger charge is 2.30. The van der Waals surface area contributed by atoms with Crippen LogP contribution in [-0.4, -0.2) is 11.1 Å². The summed E-state index contributed by atoms with van der Waals surface area (Å²) in [5.74, 6) is -1.000. The molecule has 0 bridgehead atoms. The van der Waals surface area contributed by atoms with Gasteiger partial charge in [0, 0.05) is 4.88 Å². The van der Waals surface area contributed by atoms with E-state index in [1.807, 2.05) is 6.92 Å². The molecule has 0 saturated heterocycles. The van der Waals surface area contributed by atoms with Gasteiger partial charge in [0.1, 0.15) is 5.54 Å². The second-order valence-electron chi connectivity index (χ2n) is 2.95.